The monoisotopic (exact) mass is 405 g/mol. The van der Waals surface area contributed by atoms with Crippen LogP contribution in [0.25, 0.3) is 0 Å². The third-order valence-corrected chi connectivity index (χ3v) is 5.57. The molecule has 7 nitrogen and oxygen atoms in total. The Bertz CT molecular complexity index is 771. The number of halogens is 1. The number of benzene rings is 1. The summed E-state index contributed by atoms with van der Waals surface area (Å²) < 4.78 is 7.66. The molecule has 1 aromatic carbocycles. The smallest absolute Gasteiger partial charge is 0.226 e. The second kappa shape index (κ2) is 9.39. The minimum atomic E-state index is -0.396. The van der Waals surface area contributed by atoms with E-state index in [0.717, 1.165) is 56.8 Å². The predicted octanol–water partition coefficient (Wildman–Crippen LogP) is 1.75. The highest BCUT2D eigenvalue weighted by atomic mass is 35.5. The van der Waals surface area contributed by atoms with Crippen molar-refractivity contribution in [1.29, 1.82) is 0 Å². The van der Waals surface area contributed by atoms with Crippen molar-refractivity contribution in [2.24, 2.45) is 5.41 Å². The average Bonchev–Trinajstić information content (AvgIpc) is 3.13. The quantitative estimate of drug-likeness (QED) is 0.698. The highest BCUT2D eigenvalue weighted by molar-refractivity contribution is 5.85. The predicted molar refractivity (Wildman–Crippen MR) is 109 cm³/mol. The third kappa shape index (κ3) is 4.83. The van der Waals surface area contributed by atoms with Crippen LogP contribution < -0.4 is 15.4 Å². The Kier molecular flexibility index (Phi) is 6.91. The summed E-state index contributed by atoms with van der Waals surface area (Å²) in [4.78, 5) is 13.1. The molecule has 5 rings (SSSR count). The molecule has 1 amide bonds. The summed E-state index contributed by atoms with van der Waals surface area (Å²) >= 11 is 0. The summed E-state index contributed by atoms with van der Waals surface area (Å²) in [6.45, 7) is 3.76. The molecule has 2 aromatic rings. The topological polar surface area (TPSA) is 81.1 Å². The summed E-state index contributed by atoms with van der Waals surface area (Å²) in [5.74, 6) is 1.02. The van der Waals surface area contributed by atoms with E-state index in [1.165, 1.54) is 5.56 Å². The maximum Gasteiger partial charge on any atom is 0.226 e. The van der Waals surface area contributed by atoms with Crippen molar-refractivity contribution in [3.63, 3.8) is 0 Å². The van der Waals surface area contributed by atoms with Gasteiger partial charge >= 0.3 is 0 Å². The largest absolute Gasteiger partial charge is 0.494 e. The molecule has 1 saturated heterocycles. The fraction of sp³-hybridized carbons (Fsp3) is 0.550. The number of aryl methyl sites for hydroxylation is 1. The summed E-state index contributed by atoms with van der Waals surface area (Å²) in [5, 5.41) is 15.1. The number of hydrogen-bond acceptors (Lipinski definition) is 5. The van der Waals surface area contributed by atoms with Gasteiger partial charge in [-0.2, -0.15) is 0 Å². The van der Waals surface area contributed by atoms with Crippen molar-refractivity contribution in [3.8, 4) is 5.75 Å². The molecule has 0 aliphatic carbocycles. The van der Waals surface area contributed by atoms with Gasteiger partial charge < -0.3 is 15.4 Å². The Morgan fingerprint density at radius 3 is 2.68 bits per heavy atom. The average molecular weight is 406 g/mol. The fourth-order valence-electron chi connectivity index (χ4n) is 3.94. The summed E-state index contributed by atoms with van der Waals surface area (Å²) in [6.07, 6.45) is 5.95. The summed E-state index contributed by atoms with van der Waals surface area (Å²) in [6, 6.07) is 8.14. The molecule has 1 aromatic heterocycles. The first-order chi connectivity index (χ1) is 13.2. The van der Waals surface area contributed by atoms with Crippen LogP contribution in [0.4, 0.5) is 0 Å². The Balaban J connectivity index is 0.00000225. The maximum absolute atomic E-state index is 13.1. The first kappa shape index (κ1) is 20.6. The Morgan fingerprint density at radius 2 is 1.89 bits per heavy atom. The normalized spacial score (nSPS) is 19.9. The lowest BCUT2D eigenvalue weighted by atomic mass is 9.74. The molecular formula is C20H28ClN5O2. The minimum Gasteiger partial charge on any atom is -0.494 e. The number of aromatic nitrogens is 3. The zero-order valence-corrected chi connectivity index (χ0v) is 16.8. The Morgan fingerprint density at radius 1 is 1.11 bits per heavy atom. The molecule has 1 fully saturated rings. The molecule has 1 spiro atoms. The van der Waals surface area contributed by atoms with E-state index in [-0.39, 0.29) is 18.3 Å². The number of hydrogen-bond donors (Lipinski definition) is 2. The van der Waals surface area contributed by atoms with Crippen LogP contribution in [0.15, 0.2) is 30.5 Å². The molecule has 0 atom stereocenters. The van der Waals surface area contributed by atoms with Gasteiger partial charge in [-0.15, -0.1) is 17.5 Å². The Labute approximate surface area is 171 Å². The van der Waals surface area contributed by atoms with Gasteiger partial charge in [-0.25, -0.2) is 0 Å². The van der Waals surface area contributed by atoms with Gasteiger partial charge in [0.2, 0.25) is 5.91 Å². The van der Waals surface area contributed by atoms with E-state index in [4.69, 9.17) is 4.74 Å². The van der Waals surface area contributed by atoms with Gasteiger partial charge in [0.1, 0.15) is 5.75 Å². The van der Waals surface area contributed by atoms with Crippen molar-refractivity contribution in [2.75, 3.05) is 26.2 Å². The number of fused-ring (bicyclic) bond motifs is 8. The second-order valence-corrected chi connectivity index (χ2v) is 7.53. The van der Waals surface area contributed by atoms with E-state index in [1.807, 2.05) is 23.0 Å². The minimum absolute atomic E-state index is 0. The van der Waals surface area contributed by atoms with Crippen LogP contribution in [0.3, 0.4) is 0 Å². The molecule has 2 N–H and O–H groups in total. The fourth-order valence-corrected chi connectivity index (χ4v) is 3.94. The van der Waals surface area contributed by atoms with E-state index >= 15 is 0 Å². The number of piperidine rings is 1. The van der Waals surface area contributed by atoms with Crippen molar-refractivity contribution < 1.29 is 9.53 Å². The molecule has 8 heteroatoms. The van der Waals surface area contributed by atoms with E-state index in [9.17, 15) is 4.79 Å². The lowest BCUT2D eigenvalue weighted by molar-refractivity contribution is -0.132. The van der Waals surface area contributed by atoms with Gasteiger partial charge in [-0.3, -0.25) is 9.48 Å². The van der Waals surface area contributed by atoms with Crippen LogP contribution in [0, 0.1) is 5.41 Å². The van der Waals surface area contributed by atoms with E-state index in [2.05, 4.69) is 33.1 Å². The lowest BCUT2D eigenvalue weighted by Gasteiger charge is -2.35. The highest BCUT2D eigenvalue weighted by Crippen LogP contribution is 2.33. The summed E-state index contributed by atoms with van der Waals surface area (Å²) in [5.41, 5.74) is 1.70. The molecule has 0 radical (unpaired) electrons. The van der Waals surface area contributed by atoms with Crippen molar-refractivity contribution in [1.82, 2.24) is 25.6 Å². The molecule has 0 unspecified atom stereocenters. The first-order valence-corrected chi connectivity index (χ1v) is 9.83. The van der Waals surface area contributed by atoms with Crippen LogP contribution in [-0.4, -0.2) is 47.1 Å². The molecule has 3 aliphatic rings. The number of ether oxygens (including phenoxy) is 1. The number of carbonyl (C=O) groups excluding carboxylic acids is 1. The molecule has 4 heterocycles. The van der Waals surface area contributed by atoms with Gasteiger partial charge in [0.05, 0.1) is 17.7 Å². The van der Waals surface area contributed by atoms with Gasteiger partial charge in [0.15, 0.2) is 0 Å². The highest BCUT2D eigenvalue weighted by Gasteiger charge is 2.40. The first-order valence-electron chi connectivity index (χ1n) is 9.83. The standard InChI is InChI=1S/C20H27N5O2.ClH/c26-19-20(7-10-21-11-8-20)14-17-15-25(24-23-17)12-1-13-27-18-4-2-16(3-5-18)6-9-22-19;/h2-5,15,21H,1,6-14H2,(H,22,26);1H. The number of nitrogens with one attached hydrogen (secondary N) is 2. The van der Waals surface area contributed by atoms with Gasteiger partial charge in [0.25, 0.3) is 0 Å². The zero-order chi connectivity index (χ0) is 18.5. The Hall–Kier alpha value is -2.12. The van der Waals surface area contributed by atoms with E-state index in [0.29, 0.717) is 19.6 Å². The van der Waals surface area contributed by atoms with Crippen LogP contribution in [0.2, 0.25) is 0 Å². The third-order valence-electron chi connectivity index (χ3n) is 5.57. The summed E-state index contributed by atoms with van der Waals surface area (Å²) in [7, 11) is 0. The van der Waals surface area contributed by atoms with Crippen LogP contribution in [-0.2, 0) is 24.2 Å². The number of carbonyl (C=O) groups is 1. The van der Waals surface area contributed by atoms with Crippen molar-refractivity contribution >= 4 is 18.3 Å². The van der Waals surface area contributed by atoms with Crippen LogP contribution in [0.5, 0.6) is 5.75 Å². The SMILES string of the molecule is Cl.O=C1NCCc2ccc(cc2)OCCCn2cc(nn2)CC12CCNCC2. The number of rotatable bonds is 0. The maximum atomic E-state index is 13.1. The molecule has 0 saturated carbocycles. The molecule has 152 valence electrons. The van der Waals surface area contributed by atoms with Crippen LogP contribution >= 0.6 is 12.4 Å². The number of amides is 1. The van der Waals surface area contributed by atoms with Crippen molar-refractivity contribution in [2.45, 2.75) is 38.6 Å². The lowest BCUT2D eigenvalue weighted by Crippen LogP contribution is -2.49. The molecular weight excluding hydrogens is 378 g/mol. The molecule has 3 aliphatic heterocycles. The number of nitrogens with zero attached hydrogens (tertiary/aromatic N) is 3. The van der Waals surface area contributed by atoms with Gasteiger partial charge in [0, 0.05) is 32.1 Å². The van der Waals surface area contributed by atoms with E-state index < -0.39 is 5.41 Å². The molecule has 28 heavy (non-hydrogen) atoms. The molecule has 4 bridgehead atoms. The second-order valence-electron chi connectivity index (χ2n) is 7.53. The zero-order valence-electron chi connectivity index (χ0n) is 16.0. The van der Waals surface area contributed by atoms with Crippen LogP contribution in [0.1, 0.15) is 30.5 Å². The van der Waals surface area contributed by atoms with Gasteiger partial charge in [-0.1, -0.05) is 17.3 Å². The van der Waals surface area contributed by atoms with Gasteiger partial charge in [-0.05, 0) is 50.0 Å². The van der Waals surface area contributed by atoms with E-state index in [1.54, 1.807) is 0 Å². The van der Waals surface area contributed by atoms with Crippen molar-refractivity contribution in [3.05, 3.63) is 41.7 Å².